The van der Waals surface area contributed by atoms with E-state index in [0.717, 1.165) is 58.1 Å². The first-order chi connectivity index (χ1) is 16.0. The maximum absolute atomic E-state index is 13.1. The number of carbonyl (C=O) groups is 2. The van der Waals surface area contributed by atoms with Crippen LogP contribution in [0.5, 0.6) is 0 Å². The normalized spacial score (nSPS) is 14.0. The van der Waals surface area contributed by atoms with Crippen molar-refractivity contribution < 1.29 is 9.59 Å². The summed E-state index contributed by atoms with van der Waals surface area (Å²) in [5.74, 6) is -0.718. The van der Waals surface area contributed by atoms with E-state index in [9.17, 15) is 9.59 Å². The minimum absolute atomic E-state index is 0.357. The van der Waals surface area contributed by atoms with E-state index in [2.05, 4.69) is 38.4 Å². The topological polar surface area (TPSA) is 82.2 Å². The van der Waals surface area contributed by atoms with E-state index >= 15 is 0 Å². The number of amides is 2. The molecule has 3 N–H and O–H groups in total. The second kappa shape index (κ2) is 8.26. The van der Waals surface area contributed by atoms with Gasteiger partial charge in [-0.15, -0.1) is 0 Å². The number of aromatic nitrogens is 2. The molecule has 0 saturated carbocycles. The van der Waals surface area contributed by atoms with Crippen LogP contribution in [0, 0.1) is 0 Å². The van der Waals surface area contributed by atoms with Crippen LogP contribution >= 0.6 is 0 Å². The fourth-order valence-electron chi connectivity index (χ4n) is 4.62. The number of nitrogens with zero attached hydrogens (tertiary/aromatic N) is 2. The van der Waals surface area contributed by atoms with E-state index < -0.39 is 0 Å². The highest BCUT2D eigenvalue weighted by Crippen LogP contribution is 2.39. The first-order valence-corrected chi connectivity index (χ1v) is 11.1. The molecule has 3 heterocycles. The predicted molar refractivity (Wildman–Crippen MR) is 133 cm³/mol. The van der Waals surface area contributed by atoms with Crippen LogP contribution in [-0.4, -0.2) is 49.1 Å². The lowest BCUT2D eigenvalue weighted by atomic mass is 9.95. The SMILES string of the molecule is CNCCCn1cc(C2=C(c3c[nH]c4ccccc34)C(=O)NC2=O)c2cc(N(C)C)ccc21. The third-order valence-electron chi connectivity index (χ3n) is 6.27. The number of imide groups is 1. The van der Waals surface area contributed by atoms with Gasteiger partial charge in [0.2, 0.25) is 0 Å². The Balaban J connectivity index is 1.77. The Labute approximate surface area is 192 Å². The maximum Gasteiger partial charge on any atom is 0.259 e. The molecule has 0 bridgehead atoms. The van der Waals surface area contributed by atoms with Crippen LogP contribution in [0.25, 0.3) is 33.0 Å². The van der Waals surface area contributed by atoms with Gasteiger partial charge in [-0.25, -0.2) is 0 Å². The third-order valence-corrected chi connectivity index (χ3v) is 6.27. The Hall–Kier alpha value is -3.84. The molecule has 0 aliphatic carbocycles. The minimum atomic E-state index is -0.361. The summed E-state index contributed by atoms with van der Waals surface area (Å²) in [7, 11) is 5.93. The van der Waals surface area contributed by atoms with Gasteiger partial charge in [-0.3, -0.25) is 14.9 Å². The van der Waals surface area contributed by atoms with Gasteiger partial charge in [0.05, 0.1) is 11.1 Å². The van der Waals surface area contributed by atoms with Crippen molar-refractivity contribution in [2.75, 3.05) is 32.6 Å². The number of fused-ring (bicyclic) bond motifs is 2. The molecule has 1 aliphatic rings. The molecule has 33 heavy (non-hydrogen) atoms. The molecule has 2 aromatic heterocycles. The molecule has 1 aliphatic heterocycles. The molecule has 0 radical (unpaired) electrons. The first-order valence-electron chi connectivity index (χ1n) is 11.1. The average molecular weight is 442 g/mol. The van der Waals surface area contributed by atoms with E-state index in [4.69, 9.17) is 0 Å². The van der Waals surface area contributed by atoms with Crippen molar-refractivity contribution in [3.05, 3.63) is 66.0 Å². The molecule has 0 unspecified atom stereocenters. The number of rotatable bonds is 7. The van der Waals surface area contributed by atoms with Gasteiger partial charge in [0, 0.05) is 71.7 Å². The molecule has 5 rings (SSSR count). The van der Waals surface area contributed by atoms with Crippen LogP contribution < -0.4 is 15.5 Å². The van der Waals surface area contributed by atoms with Crippen molar-refractivity contribution in [3.63, 3.8) is 0 Å². The highest BCUT2D eigenvalue weighted by Gasteiger charge is 2.35. The second-order valence-electron chi connectivity index (χ2n) is 8.57. The van der Waals surface area contributed by atoms with Crippen molar-refractivity contribution in [3.8, 4) is 0 Å². The standard InChI is InChI=1S/C26H27N5O2/c1-27-11-6-12-31-15-20(18-13-16(30(2)3)9-10-22(18)31)24-23(25(32)29-26(24)33)19-14-28-21-8-5-4-7-17(19)21/h4-5,7-10,13-15,27-28H,6,11-12H2,1-3H3,(H,29,32,33). The van der Waals surface area contributed by atoms with Gasteiger partial charge in [0.25, 0.3) is 11.8 Å². The lowest BCUT2D eigenvalue weighted by molar-refractivity contribution is -0.122. The van der Waals surface area contributed by atoms with Crippen molar-refractivity contribution >= 4 is 50.5 Å². The van der Waals surface area contributed by atoms with E-state index in [0.29, 0.717) is 11.1 Å². The van der Waals surface area contributed by atoms with Gasteiger partial charge in [0.1, 0.15) is 0 Å². The Morgan fingerprint density at radius 3 is 2.48 bits per heavy atom. The number of carbonyl (C=O) groups excluding carboxylic acids is 2. The monoisotopic (exact) mass is 441 g/mol. The molecule has 2 amide bonds. The van der Waals surface area contributed by atoms with Crippen LogP contribution in [0.4, 0.5) is 5.69 Å². The van der Waals surface area contributed by atoms with Gasteiger partial charge in [-0.05, 0) is 44.3 Å². The zero-order chi connectivity index (χ0) is 23.1. The molecule has 7 nitrogen and oxygen atoms in total. The molecular weight excluding hydrogens is 414 g/mol. The summed E-state index contributed by atoms with van der Waals surface area (Å²) in [5.41, 5.74) is 5.38. The van der Waals surface area contributed by atoms with Crippen LogP contribution in [0.2, 0.25) is 0 Å². The maximum atomic E-state index is 13.1. The number of benzene rings is 2. The first kappa shape index (κ1) is 21.0. The number of para-hydroxylation sites is 1. The summed E-state index contributed by atoms with van der Waals surface area (Å²) in [4.78, 5) is 31.4. The number of H-pyrrole nitrogens is 1. The summed E-state index contributed by atoms with van der Waals surface area (Å²) in [5, 5.41) is 7.60. The predicted octanol–water partition coefficient (Wildman–Crippen LogP) is 3.37. The highest BCUT2D eigenvalue weighted by molar-refractivity contribution is 6.50. The van der Waals surface area contributed by atoms with Crippen molar-refractivity contribution in [2.45, 2.75) is 13.0 Å². The number of aryl methyl sites for hydroxylation is 1. The summed E-state index contributed by atoms with van der Waals surface area (Å²) >= 11 is 0. The zero-order valence-corrected chi connectivity index (χ0v) is 19.0. The Bertz CT molecular complexity index is 1420. The second-order valence-corrected chi connectivity index (χ2v) is 8.57. The van der Waals surface area contributed by atoms with E-state index in [1.54, 1.807) is 0 Å². The highest BCUT2D eigenvalue weighted by atomic mass is 16.2. The quantitative estimate of drug-likeness (QED) is 0.303. The van der Waals surface area contributed by atoms with Crippen molar-refractivity contribution in [2.24, 2.45) is 0 Å². The van der Waals surface area contributed by atoms with Crippen LogP contribution in [0.3, 0.4) is 0 Å². The fraction of sp³-hybridized carbons (Fsp3) is 0.231. The van der Waals surface area contributed by atoms with Gasteiger partial charge in [-0.1, -0.05) is 18.2 Å². The van der Waals surface area contributed by atoms with Crippen LogP contribution in [0.15, 0.2) is 54.9 Å². The lowest BCUT2D eigenvalue weighted by Crippen LogP contribution is -2.22. The molecule has 7 heteroatoms. The van der Waals surface area contributed by atoms with Crippen molar-refractivity contribution in [1.29, 1.82) is 0 Å². The average Bonchev–Trinajstić information content (AvgIpc) is 3.46. The smallest absolute Gasteiger partial charge is 0.259 e. The molecular formula is C26H27N5O2. The van der Waals surface area contributed by atoms with E-state index in [1.165, 1.54) is 0 Å². The van der Waals surface area contributed by atoms with Crippen LogP contribution in [0.1, 0.15) is 17.5 Å². The summed E-state index contributed by atoms with van der Waals surface area (Å²) in [6, 6.07) is 14.1. The molecule has 168 valence electrons. The molecule has 2 aromatic carbocycles. The number of hydrogen-bond acceptors (Lipinski definition) is 4. The fourth-order valence-corrected chi connectivity index (χ4v) is 4.62. The van der Waals surface area contributed by atoms with Gasteiger partial charge in [0.15, 0.2) is 0 Å². The van der Waals surface area contributed by atoms with Gasteiger partial charge >= 0.3 is 0 Å². The molecule has 4 aromatic rings. The minimum Gasteiger partial charge on any atom is -0.378 e. The summed E-state index contributed by atoms with van der Waals surface area (Å²) < 4.78 is 2.18. The third kappa shape index (κ3) is 3.50. The molecule has 0 fully saturated rings. The molecule has 0 atom stereocenters. The van der Waals surface area contributed by atoms with Crippen LogP contribution in [-0.2, 0) is 16.1 Å². The zero-order valence-electron chi connectivity index (χ0n) is 19.0. The number of aromatic amines is 1. The number of hydrogen-bond donors (Lipinski definition) is 3. The summed E-state index contributed by atoms with van der Waals surface area (Å²) in [6.45, 7) is 1.71. The Morgan fingerprint density at radius 1 is 0.970 bits per heavy atom. The number of anilines is 1. The molecule has 0 saturated heterocycles. The largest absolute Gasteiger partial charge is 0.378 e. The van der Waals surface area contributed by atoms with Crippen molar-refractivity contribution in [1.82, 2.24) is 20.2 Å². The Morgan fingerprint density at radius 2 is 1.73 bits per heavy atom. The van der Waals surface area contributed by atoms with E-state index in [-0.39, 0.29) is 11.8 Å². The van der Waals surface area contributed by atoms with Gasteiger partial charge in [-0.2, -0.15) is 0 Å². The lowest BCUT2D eigenvalue weighted by Gasteiger charge is -2.13. The summed E-state index contributed by atoms with van der Waals surface area (Å²) in [6.07, 6.45) is 4.78. The van der Waals surface area contributed by atoms with Gasteiger partial charge < -0.3 is 19.8 Å². The molecule has 0 spiro atoms. The Kier molecular flexibility index (Phi) is 5.26. The number of nitrogens with one attached hydrogen (secondary N) is 3. The van der Waals surface area contributed by atoms with E-state index in [1.807, 2.05) is 62.7 Å².